The van der Waals surface area contributed by atoms with E-state index in [4.69, 9.17) is 1.37 Å². The van der Waals surface area contributed by atoms with Crippen LogP contribution in [0.5, 0.6) is 0 Å². The second-order valence-corrected chi connectivity index (χ2v) is 0.862. The number of rotatable bonds is 3. The molecule has 3 nitrogen and oxygen atoms in total. The van der Waals surface area contributed by atoms with Gasteiger partial charge in [-0.1, -0.05) is 0 Å². The van der Waals surface area contributed by atoms with Crippen LogP contribution in [0.1, 0.15) is 1.37 Å². The van der Waals surface area contributed by atoms with Crippen LogP contribution in [0.4, 0.5) is 0 Å². The highest BCUT2D eigenvalue weighted by atomic mass is 16.8. The second-order valence-electron chi connectivity index (χ2n) is 0.862. The zero-order chi connectivity index (χ0) is 6.62. The van der Waals surface area contributed by atoms with Gasteiger partial charge >= 0.3 is 0 Å². The van der Waals surface area contributed by atoms with Gasteiger partial charge in [-0.2, -0.15) is 0 Å². The molecule has 0 spiro atoms. The zero-order valence-electron chi connectivity index (χ0n) is 5.72. The van der Waals surface area contributed by atoms with Gasteiger partial charge in [-0.15, -0.1) is 0 Å². The van der Waals surface area contributed by atoms with Crippen molar-refractivity contribution in [3.8, 4) is 0 Å². The summed E-state index contributed by atoms with van der Waals surface area (Å²) in [7, 11) is 4.00. The SMILES string of the molecule is [2H]C(OC)(OC)OC. The summed E-state index contributed by atoms with van der Waals surface area (Å²) in [5.74, 6) is 0. The molecule has 0 unspecified atom stereocenters. The number of ether oxygens (including phenoxy) is 3. The van der Waals surface area contributed by atoms with E-state index in [1.165, 1.54) is 21.3 Å². The van der Waals surface area contributed by atoms with Crippen LogP contribution >= 0.6 is 0 Å². The minimum Gasteiger partial charge on any atom is -0.333 e. The maximum absolute atomic E-state index is 7.00. The van der Waals surface area contributed by atoms with Crippen LogP contribution < -0.4 is 0 Å². The highest BCUT2D eigenvalue weighted by Gasteiger charge is 1.96. The zero-order valence-corrected chi connectivity index (χ0v) is 4.72. The Bertz CT molecular complexity index is 54.0. The Morgan fingerprint density at radius 2 is 1.43 bits per heavy atom. The lowest BCUT2D eigenvalue weighted by Crippen LogP contribution is -2.14. The van der Waals surface area contributed by atoms with Crippen LogP contribution in [-0.2, 0) is 14.2 Å². The minimum absolute atomic E-state index is 1.33. The van der Waals surface area contributed by atoms with Gasteiger partial charge in [0, 0.05) is 21.3 Å². The fourth-order valence-corrected chi connectivity index (χ4v) is 0.250. The molecule has 0 aromatic carbocycles. The van der Waals surface area contributed by atoms with Gasteiger partial charge in [0.2, 0.25) is 0 Å². The monoisotopic (exact) mass is 107 g/mol. The van der Waals surface area contributed by atoms with E-state index >= 15 is 0 Å². The van der Waals surface area contributed by atoms with Gasteiger partial charge in [-0.05, 0) is 0 Å². The van der Waals surface area contributed by atoms with Crippen LogP contribution in [0.15, 0.2) is 0 Å². The summed E-state index contributed by atoms with van der Waals surface area (Å²) in [6.45, 7) is -1.62. The summed E-state index contributed by atoms with van der Waals surface area (Å²) in [5.41, 5.74) is 0. The van der Waals surface area contributed by atoms with Crippen molar-refractivity contribution < 1.29 is 15.6 Å². The molecule has 0 bridgehead atoms. The van der Waals surface area contributed by atoms with Crippen molar-refractivity contribution in [2.24, 2.45) is 0 Å². The van der Waals surface area contributed by atoms with Crippen molar-refractivity contribution in [1.82, 2.24) is 0 Å². The van der Waals surface area contributed by atoms with Gasteiger partial charge in [0.15, 0.2) is 0 Å². The first-order chi connectivity index (χ1) is 3.68. The highest BCUT2D eigenvalue weighted by Crippen LogP contribution is 1.87. The normalized spacial score (nSPS) is 13.9. The third-order valence-corrected chi connectivity index (χ3v) is 0.500. The van der Waals surface area contributed by atoms with Gasteiger partial charge < -0.3 is 14.2 Å². The molecule has 44 valence electrons. The molecule has 0 fully saturated rings. The topological polar surface area (TPSA) is 27.7 Å². The van der Waals surface area contributed by atoms with Crippen LogP contribution in [0.25, 0.3) is 0 Å². The Morgan fingerprint density at radius 3 is 1.43 bits per heavy atom. The number of hydrogen-bond donors (Lipinski definition) is 0. The molecule has 0 atom stereocenters. The Kier molecular flexibility index (Phi) is 2.91. The van der Waals surface area contributed by atoms with E-state index in [0.29, 0.717) is 0 Å². The third kappa shape index (κ3) is 2.56. The Balaban J connectivity index is 3.58. The highest BCUT2D eigenvalue weighted by molar-refractivity contribution is 4.08. The van der Waals surface area contributed by atoms with E-state index in [-0.39, 0.29) is 0 Å². The first-order valence-corrected chi connectivity index (χ1v) is 1.84. The van der Waals surface area contributed by atoms with Gasteiger partial charge in [-0.25, -0.2) is 0 Å². The predicted molar refractivity (Wildman–Crippen MR) is 24.8 cm³/mol. The maximum Gasteiger partial charge on any atom is 0.270 e. The lowest BCUT2D eigenvalue weighted by molar-refractivity contribution is -0.252. The summed E-state index contributed by atoms with van der Waals surface area (Å²) in [6, 6.07) is 0. The predicted octanol–water partition coefficient (Wildman–Crippen LogP) is 0.209. The molecule has 0 aliphatic carbocycles. The molecule has 0 rings (SSSR count). The largest absolute Gasteiger partial charge is 0.333 e. The van der Waals surface area contributed by atoms with Crippen LogP contribution in [-0.4, -0.2) is 27.8 Å². The Hall–Kier alpha value is -0.120. The van der Waals surface area contributed by atoms with Gasteiger partial charge in [0.25, 0.3) is 6.45 Å². The van der Waals surface area contributed by atoms with Gasteiger partial charge in [-0.3, -0.25) is 0 Å². The number of hydrogen-bond acceptors (Lipinski definition) is 3. The molecule has 0 aromatic rings. The number of methoxy groups -OCH3 is 3. The standard InChI is InChI=1S/C4H10O3/c1-5-4(6-2)7-3/h4H,1-3H3/i4D. The molecule has 0 aliphatic heterocycles. The molecule has 3 heteroatoms. The summed E-state index contributed by atoms with van der Waals surface area (Å²) in [4.78, 5) is 0. The summed E-state index contributed by atoms with van der Waals surface area (Å²) in [5, 5.41) is 0. The fraction of sp³-hybridized carbons (Fsp3) is 1.00. The van der Waals surface area contributed by atoms with Gasteiger partial charge in [0.1, 0.15) is 1.37 Å². The minimum atomic E-state index is -1.62. The Labute approximate surface area is 44.6 Å². The van der Waals surface area contributed by atoms with E-state index in [1.807, 2.05) is 0 Å². The molecule has 0 N–H and O–H groups in total. The molecular weight excluding hydrogens is 96.0 g/mol. The summed E-state index contributed by atoms with van der Waals surface area (Å²) >= 11 is 0. The molecule has 0 aromatic heterocycles. The van der Waals surface area contributed by atoms with E-state index < -0.39 is 6.45 Å². The van der Waals surface area contributed by atoms with Crippen LogP contribution in [0.2, 0.25) is 0 Å². The molecule has 0 radical (unpaired) electrons. The van der Waals surface area contributed by atoms with E-state index in [9.17, 15) is 0 Å². The molecule has 0 amide bonds. The smallest absolute Gasteiger partial charge is 0.270 e. The average Bonchev–Trinajstić information content (AvgIpc) is 1.87. The van der Waals surface area contributed by atoms with Crippen molar-refractivity contribution in [1.29, 1.82) is 0 Å². The van der Waals surface area contributed by atoms with Crippen molar-refractivity contribution >= 4 is 0 Å². The van der Waals surface area contributed by atoms with E-state index in [0.717, 1.165) is 0 Å². The van der Waals surface area contributed by atoms with Crippen molar-refractivity contribution in [3.05, 3.63) is 0 Å². The quantitative estimate of drug-likeness (QED) is 0.482. The molecule has 0 aliphatic rings. The first kappa shape index (κ1) is 5.03. The summed E-state index contributed by atoms with van der Waals surface area (Å²) < 4.78 is 20.4. The van der Waals surface area contributed by atoms with Crippen molar-refractivity contribution in [3.63, 3.8) is 0 Å². The van der Waals surface area contributed by atoms with Crippen LogP contribution in [0.3, 0.4) is 0 Å². The molecule has 0 heterocycles. The average molecular weight is 107 g/mol. The molecule has 0 saturated carbocycles. The second kappa shape index (κ2) is 4.05. The fourth-order valence-electron chi connectivity index (χ4n) is 0.250. The van der Waals surface area contributed by atoms with E-state index in [1.54, 1.807) is 0 Å². The van der Waals surface area contributed by atoms with Crippen molar-refractivity contribution in [2.75, 3.05) is 21.3 Å². The lowest BCUT2D eigenvalue weighted by Gasteiger charge is -2.08. The molecule has 0 saturated heterocycles. The maximum atomic E-state index is 7.00. The summed E-state index contributed by atoms with van der Waals surface area (Å²) in [6.07, 6.45) is 0. The van der Waals surface area contributed by atoms with E-state index in [2.05, 4.69) is 14.2 Å². The van der Waals surface area contributed by atoms with Crippen LogP contribution in [0, 0.1) is 0 Å². The van der Waals surface area contributed by atoms with Crippen molar-refractivity contribution in [2.45, 2.75) is 6.45 Å². The lowest BCUT2D eigenvalue weighted by atomic mass is 11.2. The molecular formula is C4H10O3. The first-order valence-electron chi connectivity index (χ1n) is 2.34. The third-order valence-electron chi connectivity index (χ3n) is 0.500. The van der Waals surface area contributed by atoms with Gasteiger partial charge in [0.05, 0.1) is 0 Å². The molecule has 7 heavy (non-hydrogen) atoms. The Morgan fingerprint density at radius 1 is 1.14 bits per heavy atom.